The normalized spacial score (nSPS) is 17.1. The standard InChI is InChI=1S/C17H26F2N4O3S/c1-20-17(21-11-13-7-9-23(10-8-13)27(2,24)25)22-12-14-5-3-4-6-15(14)26-16(18)19/h3-6,13,16H,7-12H2,1-2H3,(H2,20,21,22). The van der Waals surface area contributed by atoms with E-state index in [0.29, 0.717) is 37.1 Å². The smallest absolute Gasteiger partial charge is 0.387 e. The molecule has 1 saturated heterocycles. The van der Waals surface area contributed by atoms with Crippen LogP contribution in [0.25, 0.3) is 0 Å². The number of aliphatic imine (C=N–C) groups is 1. The number of nitrogens with zero attached hydrogens (tertiary/aromatic N) is 2. The van der Waals surface area contributed by atoms with Gasteiger partial charge in [0.2, 0.25) is 10.0 Å². The van der Waals surface area contributed by atoms with Gasteiger partial charge in [0.25, 0.3) is 0 Å². The first-order chi connectivity index (χ1) is 12.8. The second-order valence-electron chi connectivity index (χ2n) is 6.40. The first kappa shape index (κ1) is 21.4. The molecule has 0 aliphatic carbocycles. The molecule has 0 aromatic heterocycles. The van der Waals surface area contributed by atoms with Gasteiger partial charge in [-0.2, -0.15) is 8.78 Å². The quantitative estimate of drug-likeness (QED) is 0.533. The number of guanidine groups is 1. The molecule has 2 rings (SSSR count). The summed E-state index contributed by atoms with van der Waals surface area (Å²) in [6, 6.07) is 6.59. The zero-order valence-electron chi connectivity index (χ0n) is 15.5. The number of piperidine rings is 1. The van der Waals surface area contributed by atoms with Gasteiger partial charge in [-0.3, -0.25) is 4.99 Å². The van der Waals surface area contributed by atoms with E-state index in [0.717, 1.165) is 12.8 Å². The largest absolute Gasteiger partial charge is 0.434 e. The Kier molecular flexibility index (Phi) is 7.78. The van der Waals surface area contributed by atoms with Crippen molar-refractivity contribution < 1.29 is 21.9 Å². The Bertz CT molecular complexity index is 735. The summed E-state index contributed by atoms with van der Waals surface area (Å²) < 4.78 is 54.0. The number of sulfonamides is 1. The fraction of sp³-hybridized carbons (Fsp3) is 0.588. The van der Waals surface area contributed by atoms with Crippen LogP contribution < -0.4 is 15.4 Å². The SMILES string of the molecule is CN=C(NCc1ccccc1OC(F)F)NCC1CCN(S(C)(=O)=O)CC1. The van der Waals surface area contributed by atoms with Crippen LogP contribution in [0.1, 0.15) is 18.4 Å². The van der Waals surface area contributed by atoms with Crippen LogP contribution in [0.5, 0.6) is 5.75 Å². The Balaban J connectivity index is 1.81. The lowest BCUT2D eigenvalue weighted by atomic mass is 9.98. The molecule has 152 valence electrons. The van der Waals surface area contributed by atoms with Gasteiger partial charge in [0.1, 0.15) is 5.75 Å². The topological polar surface area (TPSA) is 83.0 Å². The molecule has 27 heavy (non-hydrogen) atoms. The van der Waals surface area contributed by atoms with E-state index in [1.54, 1.807) is 25.2 Å². The van der Waals surface area contributed by atoms with E-state index in [4.69, 9.17) is 0 Å². The second-order valence-corrected chi connectivity index (χ2v) is 8.38. The molecule has 1 aromatic rings. The maximum absolute atomic E-state index is 12.5. The Morgan fingerprint density at radius 2 is 1.96 bits per heavy atom. The first-order valence-corrected chi connectivity index (χ1v) is 10.6. The van der Waals surface area contributed by atoms with Crippen molar-refractivity contribution in [2.75, 3.05) is 32.9 Å². The summed E-state index contributed by atoms with van der Waals surface area (Å²) in [6.07, 6.45) is 2.79. The molecular weight excluding hydrogens is 378 g/mol. The van der Waals surface area contributed by atoms with E-state index in [1.807, 2.05) is 0 Å². The maximum atomic E-state index is 12.5. The molecular formula is C17H26F2N4O3S. The van der Waals surface area contributed by atoms with Gasteiger partial charge in [-0.25, -0.2) is 12.7 Å². The lowest BCUT2D eigenvalue weighted by Crippen LogP contribution is -2.43. The average Bonchev–Trinajstić information content (AvgIpc) is 2.62. The van der Waals surface area contributed by atoms with Crippen LogP contribution in [0.15, 0.2) is 29.3 Å². The molecule has 0 bridgehead atoms. The molecule has 1 fully saturated rings. The number of benzene rings is 1. The van der Waals surface area contributed by atoms with Gasteiger partial charge in [0.05, 0.1) is 6.26 Å². The molecule has 2 N–H and O–H groups in total. The van der Waals surface area contributed by atoms with Gasteiger partial charge >= 0.3 is 6.61 Å². The number of hydrogen-bond acceptors (Lipinski definition) is 4. The van der Waals surface area contributed by atoms with Crippen molar-refractivity contribution in [3.63, 3.8) is 0 Å². The van der Waals surface area contributed by atoms with Crippen LogP contribution in [0, 0.1) is 5.92 Å². The van der Waals surface area contributed by atoms with Crippen molar-refractivity contribution in [3.8, 4) is 5.75 Å². The van der Waals surface area contributed by atoms with Gasteiger partial charge in [-0.05, 0) is 24.8 Å². The monoisotopic (exact) mass is 404 g/mol. The fourth-order valence-electron chi connectivity index (χ4n) is 2.95. The van der Waals surface area contributed by atoms with Crippen molar-refractivity contribution in [3.05, 3.63) is 29.8 Å². The summed E-state index contributed by atoms with van der Waals surface area (Å²) >= 11 is 0. The zero-order chi connectivity index (χ0) is 19.9. The van der Waals surface area contributed by atoms with Crippen LogP contribution in [0.3, 0.4) is 0 Å². The number of hydrogen-bond donors (Lipinski definition) is 2. The predicted molar refractivity (Wildman–Crippen MR) is 100 cm³/mol. The summed E-state index contributed by atoms with van der Waals surface area (Å²) in [7, 11) is -1.50. The minimum absolute atomic E-state index is 0.128. The minimum Gasteiger partial charge on any atom is -0.434 e. The van der Waals surface area contributed by atoms with Gasteiger partial charge in [-0.15, -0.1) is 0 Å². The number of ether oxygens (including phenoxy) is 1. The third-order valence-electron chi connectivity index (χ3n) is 4.46. The number of halogens is 2. The lowest BCUT2D eigenvalue weighted by Gasteiger charge is -2.30. The first-order valence-electron chi connectivity index (χ1n) is 8.72. The number of alkyl halides is 2. The molecule has 0 amide bonds. The van der Waals surface area contributed by atoms with Gasteiger partial charge in [-0.1, -0.05) is 18.2 Å². The van der Waals surface area contributed by atoms with Gasteiger partial charge < -0.3 is 15.4 Å². The Labute approximate surface area is 158 Å². The van der Waals surface area contributed by atoms with E-state index >= 15 is 0 Å². The Hall–Kier alpha value is -1.94. The van der Waals surface area contributed by atoms with Crippen LogP contribution in [0.4, 0.5) is 8.78 Å². The molecule has 0 radical (unpaired) electrons. The third-order valence-corrected chi connectivity index (χ3v) is 5.76. The van der Waals surface area contributed by atoms with E-state index in [9.17, 15) is 17.2 Å². The summed E-state index contributed by atoms with van der Waals surface area (Å²) in [6.45, 7) is -0.881. The number of nitrogens with one attached hydrogen (secondary N) is 2. The van der Waals surface area contributed by atoms with Crippen molar-refractivity contribution in [2.45, 2.75) is 26.0 Å². The highest BCUT2D eigenvalue weighted by molar-refractivity contribution is 7.88. The summed E-state index contributed by atoms with van der Waals surface area (Å²) in [4.78, 5) is 4.13. The van der Waals surface area contributed by atoms with Crippen LogP contribution in [-0.4, -0.2) is 58.2 Å². The average molecular weight is 404 g/mol. The maximum Gasteiger partial charge on any atom is 0.387 e. The lowest BCUT2D eigenvalue weighted by molar-refractivity contribution is -0.0504. The van der Waals surface area contributed by atoms with Gasteiger partial charge in [0.15, 0.2) is 5.96 Å². The summed E-state index contributed by atoms with van der Waals surface area (Å²) in [5, 5.41) is 6.28. The third kappa shape index (κ3) is 6.94. The second kappa shape index (κ2) is 9.84. The fourth-order valence-corrected chi connectivity index (χ4v) is 3.82. The van der Waals surface area contributed by atoms with E-state index in [-0.39, 0.29) is 12.3 Å². The molecule has 1 heterocycles. The highest BCUT2D eigenvalue weighted by atomic mass is 32.2. The molecule has 10 heteroatoms. The summed E-state index contributed by atoms with van der Waals surface area (Å²) in [5.74, 6) is 1.02. The van der Waals surface area contributed by atoms with E-state index in [2.05, 4.69) is 20.4 Å². The molecule has 0 unspecified atom stereocenters. The van der Waals surface area contributed by atoms with Crippen LogP contribution in [0.2, 0.25) is 0 Å². The Morgan fingerprint density at radius 1 is 1.30 bits per heavy atom. The summed E-state index contributed by atoms with van der Waals surface area (Å²) in [5.41, 5.74) is 0.599. The van der Waals surface area contributed by atoms with Crippen LogP contribution >= 0.6 is 0 Å². The molecule has 7 nitrogen and oxygen atoms in total. The molecule has 1 aromatic carbocycles. The minimum atomic E-state index is -3.13. The molecule has 1 aliphatic rings. The van der Waals surface area contributed by atoms with Crippen molar-refractivity contribution in [2.24, 2.45) is 10.9 Å². The highest BCUT2D eigenvalue weighted by Crippen LogP contribution is 2.20. The highest BCUT2D eigenvalue weighted by Gasteiger charge is 2.24. The molecule has 0 saturated carbocycles. The Morgan fingerprint density at radius 3 is 2.56 bits per heavy atom. The van der Waals surface area contributed by atoms with E-state index in [1.165, 1.54) is 16.6 Å². The number of para-hydroxylation sites is 1. The van der Waals surface area contributed by atoms with Crippen molar-refractivity contribution >= 4 is 16.0 Å². The van der Waals surface area contributed by atoms with Crippen LogP contribution in [-0.2, 0) is 16.6 Å². The predicted octanol–water partition coefficient (Wildman–Crippen LogP) is 1.62. The van der Waals surface area contributed by atoms with Crippen molar-refractivity contribution in [1.29, 1.82) is 0 Å². The zero-order valence-corrected chi connectivity index (χ0v) is 16.3. The van der Waals surface area contributed by atoms with E-state index < -0.39 is 16.6 Å². The molecule has 0 atom stereocenters. The van der Waals surface area contributed by atoms with Crippen molar-refractivity contribution in [1.82, 2.24) is 14.9 Å². The molecule has 1 aliphatic heterocycles. The molecule has 0 spiro atoms. The van der Waals surface area contributed by atoms with Gasteiger partial charge in [0, 0.05) is 38.8 Å². The number of rotatable bonds is 7.